The third-order valence-corrected chi connectivity index (χ3v) is 3.05. The number of para-hydroxylation sites is 2. The number of nitro benzene ring substituents is 1. The van der Waals surface area contributed by atoms with Gasteiger partial charge in [0, 0.05) is 6.07 Å². The Labute approximate surface area is 133 Å². The normalized spacial score (nSPS) is 10.0. The van der Waals surface area contributed by atoms with Crippen LogP contribution in [-0.2, 0) is 4.79 Å². The summed E-state index contributed by atoms with van der Waals surface area (Å²) in [6.07, 6.45) is 0. The molecular formula is C16H16N2O5. The molecule has 0 atom stereocenters. The lowest BCUT2D eigenvalue weighted by Gasteiger charge is -2.10. The average Bonchev–Trinajstić information content (AvgIpc) is 2.54. The van der Waals surface area contributed by atoms with Crippen molar-refractivity contribution in [3.63, 3.8) is 0 Å². The lowest BCUT2D eigenvalue weighted by Crippen LogP contribution is -2.20. The lowest BCUT2D eigenvalue weighted by atomic mass is 10.2. The van der Waals surface area contributed by atoms with Crippen molar-refractivity contribution in [2.75, 3.05) is 19.0 Å². The molecule has 0 aliphatic heterocycles. The summed E-state index contributed by atoms with van der Waals surface area (Å²) < 4.78 is 10.4. The number of ether oxygens (including phenoxy) is 2. The number of rotatable bonds is 6. The number of carbonyl (C=O) groups is 1. The minimum absolute atomic E-state index is 0.0516. The molecule has 2 aromatic rings. The van der Waals surface area contributed by atoms with E-state index in [0.29, 0.717) is 11.4 Å². The summed E-state index contributed by atoms with van der Waals surface area (Å²) in [4.78, 5) is 22.4. The van der Waals surface area contributed by atoms with Crippen molar-refractivity contribution in [1.29, 1.82) is 0 Å². The number of benzene rings is 2. The van der Waals surface area contributed by atoms with Crippen molar-refractivity contribution in [3.8, 4) is 11.5 Å². The Morgan fingerprint density at radius 1 is 1.22 bits per heavy atom. The molecule has 0 aromatic heterocycles. The fourth-order valence-electron chi connectivity index (χ4n) is 1.97. The van der Waals surface area contributed by atoms with Crippen molar-refractivity contribution in [2.24, 2.45) is 0 Å². The smallest absolute Gasteiger partial charge is 0.311 e. The van der Waals surface area contributed by atoms with Crippen molar-refractivity contribution in [2.45, 2.75) is 6.92 Å². The topological polar surface area (TPSA) is 90.7 Å². The molecule has 1 amide bonds. The molecule has 23 heavy (non-hydrogen) atoms. The van der Waals surface area contributed by atoms with Gasteiger partial charge in [-0.25, -0.2) is 0 Å². The van der Waals surface area contributed by atoms with E-state index in [1.54, 1.807) is 37.3 Å². The maximum atomic E-state index is 11.9. The second-order valence-corrected chi connectivity index (χ2v) is 4.77. The SMILES string of the molecule is COc1ccccc1NC(=O)COc1ccc(C)cc1[N+](=O)[O-]. The molecule has 7 heteroatoms. The van der Waals surface area contributed by atoms with E-state index >= 15 is 0 Å². The molecule has 0 bridgehead atoms. The Morgan fingerprint density at radius 2 is 1.96 bits per heavy atom. The van der Waals surface area contributed by atoms with Crippen LogP contribution < -0.4 is 14.8 Å². The second kappa shape index (κ2) is 7.26. The number of aryl methyl sites for hydroxylation is 1. The van der Waals surface area contributed by atoms with Crippen LogP contribution in [0.3, 0.4) is 0 Å². The number of nitro groups is 1. The molecule has 0 unspecified atom stereocenters. The van der Waals surface area contributed by atoms with Gasteiger partial charge < -0.3 is 14.8 Å². The van der Waals surface area contributed by atoms with Crippen LogP contribution in [0.15, 0.2) is 42.5 Å². The zero-order chi connectivity index (χ0) is 16.8. The van der Waals surface area contributed by atoms with E-state index in [-0.39, 0.29) is 18.0 Å². The highest BCUT2D eigenvalue weighted by atomic mass is 16.6. The standard InChI is InChI=1S/C16H16N2O5/c1-11-7-8-15(13(9-11)18(20)21)23-10-16(19)17-12-5-3-4-6-14(12)22-2/h3-9H,10H2,1-2H3,(H,17,19). The van der Waals surface area contributed by atoms with Crippen LogP contribution in [0.25, 0.3) is 0 Å². The zero-order valence-corrected chi connectivity index (χ0v) is 12.7. The first-order chi connectivity index (χ1) is 11.0. The summed E-state index contributed by atoms with van der Waals surface area (Å²) in [6, 6.07) is 11.5. The van der Waals surface area contributed by atoms with Gasteiger partial charge in [0.1, 0.15) is 5.75 Å². The first kappa shape index (κ1) is 16.3. The van der Waals surface area contributed by atoms with Crippen LogP contribution in [0.5, 0.6) is 11.5 Å². The number of hydrogen-bond donors (Lipinski definition) is 1. The highest BCUT2D eigenvalue weighted by molar-refractivity contribution is 5.93. The van der Waals surface area contributed by atoms with Crippen molar-refractivity contribution in [1.82, 2.24) is 0 Å². The molecule has 0 aliphatic rings. The van der Waals surface area contributed by atoms with Crippen LogP contribution in [0.2, 0.25) is 0 Å². The summed E-state index contributed by atoms with van der Waals surface area (Å²) in [5, 5.41) is 13.6. The zero-order valence-electron chi connectivity index (χ0n) is 12.7. The monoisotopic (exact) mass is 316 g/mol. The number of nitrogens with zero attached hydrogens (tertiary/aromatic N) is 1. The molecule has 120 valence electrons. The van der Waals surface area contributed by atoms with Gasteiger partial charge in [0.25, 0.3) is 5.91 Å². The van der Waals surface area contributed by atoms with Gasteiger partial charge in [-0.3, -0.25) is 14.9 Å². The lowest BCUT2D eigenvalue weighted by molar-refractivity contribution is -0.385. The molecule has 0 radical (unpaired) electrons. The van der Waals surface area contributed by atoms with Crippen LogP contribution in [0, 0.1) is 17.0 Å². The summed E-state index contributed by atoms with van der Waals surface area (Å²) in [7, 11) is 1.50. The molecule has 0 saturated carbocycles. The maximum Gasteiger partial charge on any atom is 0.311 e. The number of carbonyl (C=O) groups excluding carboxylic acids is 1. The Morgan fingerprint density at radius 3 is 2.65 bits per heavy atom. The largest absolute Gasteiger partial charge is 0.495 e. The van der Waals surface area contributed by atoms with Gasteiger partial charge in [-0.1, -0.05) is 18.2 Å². The summed E-state index contributed by atoms with van der Waals surface area (Å²) in [6.45, 7) is 1.40. The number of hydrogen-bond acceptors (Lipinski definition) is 5. The van der Waals surface area contributed by atoms with Crippen LogP contribution in [0.1, 0.15) is 5.56 Å². The Bertz CT molecular complexity index is 730. The molecule has 0 spiro atoms. The highest BCUT2D eigenvalue weighted by Gasteiger charge is 2.16. The Kier molecular flexibility index (Phi) is 5.14. The van der Waals surface area contributed by atoms with Gasteiger partial charge in [0.15, 0.2) is 12.4 Å². The van der Waals surface area contributed by atoms with E-state index in [4.69, 9.17) is 9.47 Å². The predicted octanol–water partition coefficient (Wildman–Crippen LogP) is 2.93. The molecular weight excluding hydrogens is 300 g/mol. The van der Waals surface area contributed by atoms with Gasteiger partial charge in [-0.05, 0) is 30.7 Å². The van der Waals surface area contributed by atoms with Gasteiger partial charge in [0.2, 0.25) is 0 Å². The quantitative estimate of drug-likeness (QED) is 0.653. The molecule has 0 aliphatic carbocycles. The first-order valence-corrected chi connectivity index (χ1v) is 6.82. The van der Waals surface area contributed by atoms with Crippen molar-refractivity contribution >= 4 is 17.3 Å². The van der Waals surface area contributed by atoms with Gasteiger partial charge >= 0.3 is 5.69 Å². The minimum Gasteiger partial charge on any atom is -0.495 e. The van der Waals surface area contributed by atoms with E-state index < -0.39 is 10.8 Å². The number of nitrogens with one attached hydrogen (secondary N) is 1. The van der Waals surface area contributed by atoms with Gasteiger partial charge in [-0.2, -0.15) is 0 Å². The van der Waals surface area contributed by atoms with Crippen molar-refractivity contribution in [3.05, 3.63) is 58.1 Å². The molecule has 0 heterocycles. The third kappa shape index (κ3) is 4.19. The van der Waals surface area contributed by atoms with E-state index in [0.717, 1.165) is 5.56 Å². The van der Waals surface area contributed by atoms with Crippen LogP contribution in [-0.4, -0.2) is 24.5 Å². The third-order valence-electron chi connectivity index (χ3n) is 3.05. The fraction of sp³-hybridized carbons (Fsp3) is 0.188. The van der Waals surface area contributed by atoms with E-state index in [9.17, 15) is 14.9 Å². The fourth-order valence-corrected chi connectivity index (χ4v) is 1.97. The number of anilines is 1. The van der Waals surface area contributed by atoms with Gasteiger partial charge in [-0.15, -0.1) is 0 Å². The van der Waals surface area contributed by atoms with E-state index in [2.05, 4.69) is 5.32 Å². The minimum atomic E-state index is -0.541. The first-order valence-electron chi connectivity index (χ1n) is 6.82. The van der Waals surface area contributed by atoms with E-state index in [1.807, 2.05) is 0 Å². The Balaban J connectivity index is 2.04. The molecule has 2 rings (SSSR count). The molecule has 7 nitrogen and oxygen atoms in total. The summed E-state index contributed by atoms with van der Waals surface area (Å²) in [5.74, 6) is 0.127. The highest BCUT2D eigenvalue weighted by Crippen LogP contribution is 2.28. The van der Waals surface area contributed by atoms with Gasteiger partial charge in [0.05, 0.1) is 17.7 Å². The van der Waals surface area contributed by atoms with Crippen molar-refractivity contribution < 1.29 is 19.2 Å². The predicted molar refractivity (Wildman–Crippen MR) is 85.0 cm³/mol. The summed E-state index contributed by atoms with van der Waals surface area (Å²) in [5.41, 5.74) is 1.07. The Hall–Kier alpha value is -3.09. The van der Waals surface area contributed by atoms with Crippen LogP contribution >= 0.6 is 0 Å². The summed E-state index contributed by atoms with van der Waals surface area (Å²) >= 11 is 0. The average molecular weight is 316 g/mol. The number of amides is 1. The maximum absolute atomic E-state index is 11.9. The second-order valence-electron chi connectivity index (χ2n) is 4.77. The molecule has 0 fully saturated rings. The number of methoxy groups -OCH3 is 1. The van der Waals surface area contributed by atoms with Crippen LogP contribution in [0.4, 0.5) is 11.4 Å². The molecule has 0 saturated heterocycles. The van der Waals surface area contributed by atoms with E-state index in [1.165, 1.54) is 19.2 Å². The molecule has 2 aromatic carbocycles. The molecule has 1 N–H and O–H groups in total.